The van der Waals surface area contributed by atoms with E-state index < -0.39 is 0 Å². The summed E-state index contributed by atoms with van der Waals surface area (Å²) < 4.78 is 0. The Hall–Kier alpha value is -1.43. The Morgan fingerprint density at radius 1 is 1.33 bits per heavy atom. The number of hydrogen-bond donors (Lipinski definition) is 2. The number of rotatable bonds is 6. The van der Waals surface area contributed by atoms with Crippen LogP contribution in [0, 0.1) is 5.92 Å². The molecule has 0 radical (unpaired) electrons. The lowest BCUT2D eigenvalue weighted by atomic mass is 10.1. The van der Waals surface area contributed by atoms with E-state index in [1.807, 2.05) is 49.7 Å². The molecule has 114 valence electrons. The SMILES string of the molecule is CNCC(C)C(=O)NC(c1ccccc1)c1nccs1.Cl. The van der Waals surface area contributed by atoms with Crippen molar-refractivity contribution in [3.63, 3.8) is 0 Å². The number of benzene rings is 1. The van der Waals surface area contributed by atoms with Gasteiger partial charge < -0.3 is 10.6 Å². The fourth-order valence-corrected chi connectivity index (χ4v) is 2.71. The first kappa shape index (κ1) is 17.6. The Labute approximate surface area is 135 Å². The van der Waals surface area contributed by atoms with E-state index in [-0.39, 0.29) is 30.3 Å². The van der Waals surface area contributed by atoms with Gasteiger partial charge in [0, 0.05) is 24.0 Å². The van der Waals surface area contributed by atoms with Crippen LogP contribution < -0.4 is 10.6 Å². The molecule has 2 unspecified atom stereocenters. The van der Waals surface area contributed by atoms with Gasteiger partial charge in [0.25, 0.3) is 0 Å². The molecule has 0 aliphatic carbocycles. The predicted molar refractivity (Wildman–Crippen MR) is 88.9 cm³/mol. The van der Waals surface area contributed by atoms with Crippen LogP contribution in [0.1, 0.15) is 23.5 Å². The second-order valence-electron chi connectivity index (χ2n) is 4.68. The molecule has 2 rings (SSSR count). The maximum atomic E-state index is 12.2. The van der Waals surface area contributed by atoms with Crippen LogP contribution in [0.4, 0.5) is 0 Å². The monoisotopic (exact) mass is 325 g/mol. The minimum absolute atomic E-state index is 0. The van der Waals surface area contributed by atoms with Crippen LogP contribution in [-0.2, 0) is 4.79 Å². The van der Waals surface area contributed by atoms with E-state index in [1.165, 1.54) is 0 Å². The Morgan fingerprint density at radius 2 is 2.05 bits per heavy atom. The Bertz CT molecular complexity index is 533. The van der Waals surface area contributed by atoms with Crippen LogP contribution in [0.15, 0.2) is 41.9 Å². The quantitative estimate of drug-likeness (QED) is 0.858. The van der Waals surface area contributed by atoms with Crippen molar-refractivity contribution in [1.29, 1.82) is 0 Å². The number of carbonyl (C=O) groups excluding carboxylic acids is 1. The molecule has 1 aromatic heterocycles. The van der Waals surface area contributed by atoms with E-state index >= 15 is 0 Å². The zero-order chi connectivity index (χ0) is 14.4. The van der Waals surface area contributed by atoms with Crippen molar-refractivity contribution in [3.8, 4) is 0 Å². The average Bonchev–Trinajstić information content (AvgIpc) is 2.99. The van der Waals surface area contributed by atoms with Gasteiger partial charge >= 0.3 is 0 Å². The molecule has 4 nitrogen and oxygen atoms in total. The van der Waals surface area contributed by atoms with Crippen LogP contribution in [0.2, 0.25) is 0 Å². The van der Waals surface area contributed by atoms with Crippen LogP contribution in [0.25, 0.3) is 0 Å². The van der Waals surface area contributed by atoms with Crippen LogP contribution in [0.3, 0.4) is 0 Å². The number of nitrogens with zero attached hydrogens (tertiary/aromatic N) is 1. The Morgan fingerprint density at radius 3 is 2.62 bits per heavy atom. The fraction of sp³-hybridized carbons (Fsp3) is 0.333. The van der Waals surface area contributed by atoms with Gasteiger partial charge in [-0.15, -0.1) is 23.7 Å². The molecule has 1 aromatic carbocycles. The van der Waals surface area contributed by atoms with E-state index in [9.17, 15) is 4.79 Å². The second-order valence-corrected chi connectivity index (χ2v) is 5.61. The molecule has 2 atom stereocenters. The number of halogens is 1. The first-order valence-electron chi connectivity index (χ1n) is 6.61. The lowest BCUT2D eigenvalue weighted by Crippen LogP contribution is -2.37. The highest BCUT2D eigenvalue weighted by atomic mass is 35.5. The van der Waals surface area contributed by atoms with Crippen molar-refractivity contribution in [1.82, 2.24) is 15.6 Å². The zero-order valence-electron chi connectivity index (χ0n) is 12.1. The van der Waals surface area contributed by atoms with Gasteiger partial charge in [-0.25, -0.2) is 4.98 Å². The standard InChI is InChI=1S/C15H19N3OS.ClH/c1-11(10-16-2)14(19)18-13(15-17-8-9-20-15)12-6-4-3-5-7-12;/h3-9,11,13,16H,10H2,1-2H3,(H,18,19);1H. The maximum Gasteiger partial charge on any atom is 0.224 e. The fourth-order valence-electron chi connectivity index (χ4n) is 1.99. The van der Waals surface area contributed by atoms with Crippen LogP contribution >= 0.6 is 23.7 Å². The third-order valence-corrected chi connectivity index (χ3v) is 3.92. The molecule has 0 saturated carbocycles. The highest BCUT2D eigenvalue weighted by molar-refractivity contribution is 7.09. The van der Waals surface area contributed by atoms with Crippen molar-refractivity contribution in [2.24, 2.45) is 5.92 Å². The van der Waals surface area contributed by atoms with Crippen LogP contribution in [-0.4, -0.2) is 24.5 Å². The molecule has 0 spiro atoms. The molecule has 0 aliphatic rings. The lowest BCUT2D eigenvalue weighted by Gasteiger charge is -2.19. The summed E-state index contributed by atoms with van der Waals surface area (Å²) >= 11 is 1.55. The topological polar surface area (TPSA) is 54.0 Å². The predicted octanol–water partition coefficient (Wildman–Crippen LogP) is 2.63. The number of hydrogen-bond acceptors (Lipinski definition) is 4. The van der Waals surface area contributed by atoms with Gasteiger partial charge in [-0.05, 0) is 12.6 Å². The third-order valence-electron chi connectivity index (χ3n) is 3.08. The van der Waals surface area contributed by atoms with Crippen LogP contribution in [0.5, 0.6) is 0 Å². The average molecular weight is 326 g/mol. The van der Waals surface area contributed by atoms with E-state index in [0.717, 1.165) is 10.6 Å². The highest BCUT2D eigenvalue weighted by Crippen LogP contribution is 2.24. The van der Waals surface area contributed by atoms with E-state index in [0.29, 0.717) is 6.54 Å². The number of nitrogens with one attached hydrogen (secondary N) is 2. The Balaban J connectivity index is 0.00000220. The molecule has 1 amide bonds. The maximum absolute atomic E-state index is 12.2. The van der Waals surface area contributed by atoms with Crippen molar-refractivity contribution in [2.75, 3.05) is 13.6 Å². The highest BCUT2D eigenvalue weighted by Gasteiger charge is 2.21. The lowest BCUT2D eigenvalue weighted by molar-refractivity contribution is -0.124. The van der Waals surface area contributed by atoms with Gasteiger partial charge in [0.15, 0.2) is 0 Å². The molecule has 6 heteroatoms. The largest absolute Gasteiger partial charge is 0.342 e. The summed E-state index contributed by atoms with van der Waals surface area (Å²) in [5.41, 5.74) is 1.05. The number of thiazole rings is 1. The molecular formula is C15H20ClN3OS. The smallest absolute Gasteiger partial charge is 0.224 e. The number of aromatic nitrogens is 1. The van der Waals surface area contributed by atoms with Gasteiger partial charge in [0.1, 0.15) is 11.0 Å². The molecule has 2 aromatic rings. The molecule has 2 N–H and O–H groups in total. The molecule has 0 fully saturated rings. The van der Waals surface area contributed by atoms with Crippen molar-refractivity contribution in [2.45, 2.75) is 13.0 Å². The number of carbonyl (C=O) groups is 1. The van der Waals surface area contributed by atoms with Gasteiger partial charge in [0.2, 0.25) is 5.91 Å². The summed E-state index contributed by atoms with van der Waals surface area (Å²) in [6.45, 7) is 2.57. The molecule has 0 aliphatic heterocycles. The minimum Gasteiger partial charge on any atom is -0.342 e. The normalized spacial score (nSPS) is 13.0. The summed E-state index contributed by atoms with van der Waals surface area (Å²) in [6, 6.07) is 9.75. The Kier molecular flexibility index (Phi) is 7.36. The third kappa shape index (κ3) is 4.81. The van der Waals surface area contributed by atoms with E-state index in [2.05, 4.69) is 15.6 Å². The molecule has 1 heterocycles. The molecular weight excluding hydrogens is 306 g/mol. The van der Waals surface area contributed by atoms with Gasteiger partial charge in [-0.2, -0.15) is 0 Å². The molecule has 21 heavy (non-hydrogen) atoms. The summed E-state index contributed by atoms with van der Waals surface area (Å²) in [5.74, 6) is -0.0467. The van der Waals surface area contributed by atoms with E-state index in [1.54, 1.807) is 17.5 Å². The summed E-state index contributed by atoms with van der Waals surface area (Å²) in [7, 11) is 1.85. The van der Waals surface area contributed by atoms with Crippen molar-refractivity contribution < 1.29 is 4.79 Å². The van der Waals surface area contributed by atoms with Gasteiger partial charge in [0.05, 0.1) is 0 Å². The summed E-state index contributed by atoms with van der Waals surface area (Å²) in [6.07, 6.45) is 1.76. The summed E-state index contributed by atoms with van der Waals surface area (Å²) in [4.78, 5) is 16.6. The minimum atomic E-state index is -0.178. The van der Waals surface area contributed by atoms with Crippen molar-refractivity contribution in [3.05, 3.63) is 52.5 Å². The van der Waals surface area contributed by atoms with Gasteiger partial charge in [-0.1, -0.05) is 37.3 Å². The first-order valence-corrected chi connectivity index (χ1v) is 7.49. The number of amides is 1. The summed E-state index contributed by atoms with van der Waals surface area (Å²) in [5, 5.41) is 8.94. The van der Waals surface area contributed by atoms with Gasteiger partial charge in [-0.3, -0.25) is 4.79 Å². The van der Waals surface area contributed by atoms with Crippen molar-refractivity contribution >= 4 is 29.7 Å². The molecule has 0 bridgehead atoms. The zero-order valence-corrected chi connectivity index (χ0v) is 13.7. The van der Waals surface area contributed by atoms with E-state index in [4.69, 9.17) is 0 Å². The second kappa shape index (κ2) is 8.77. The first-order chi connectivity index (χ1) is 9.72. The molecule has 0 saturated heterocycles.